The van der Waals surface area contributed by atoms with E-state index in [2.05, 4.69) is 0 Å². The third kappa shape index (κ3) is 1.87. The Morgan fingerprint density at radius 2 is 1.90 bits per heavy atom. The van der Waals surface area contributed by atoms with Gasteiger partial charge >= 0.3 is 0 Å². The van der Waals surface area contributed by atoms with Crippen molar-refractivity contribution in [2.24, 2.45) is 11.3 Å². The van der Waals surface area contributed by atoms with Crippen LogP contribution in [-0.4, -0.2) is 11.8 Å². The summed E-state index contributed by atoms with van der Waals surface area (Å²) < 4.78 is 27.3. The number of nitrogens with two attached hydrogens (primary N) is 1. The van der Waals surface area contributed by atoms with Gasteiger partial charge in [0.15, 0.2) is 11.6 Å². The Morgan fingerprint density at radius 3 is 2.40 bits per heavy atom. The van der Waals surface area contributed by atoms with Gasteiger partial charge in [0.05, 0.1) is 11.1 Å². The van der Waals surface area contributed by atoms with Crippen LogP contribution in [0.5, 0.6) is 0 Å². The minimum atomic E-state index is -1.28. The molecule has 2 amide bonds. The number of benzene rings is 1. The molecule has 2 N–H and O–H groups in total. The fraction of sp³-hybridized carbons (Fsp3) is 0.429. The molecular formula is C14H16F2N2O2. The molecule has 4 nitrogen and oxygen atoms in total. The molecule has 1 saturated heterocycles. The number of carbonyl (C=O) groups is 2. The molecule has 1 aliphatic heterocycles. The zero-order chi connectivity index (χ0) is 15.2. The van der Waals surface area contributed by atoms with Crippen molar-refractivity contribution in [3.8, 4) is 0 Å². The highest BCUT2D eigenvalue weighted by Gasteiger charge is 2.51. The number of rotatable bonds is 2. The molecular weight excluding hydrogens is 266 g/mol. The van der Waals surface area contributed by atoms with Crippen LogP contribution in [0.25, 0.3) is 0 Å². The molecule has 0 saturated carbocycles. The molecule has 1 heterocycles. The van der Waals surface area contributed by atoms with E-state index in [-0.39, 0.29) is 18.0 Å². The summed E-state index contributed by atoms with van der Waals surface area (Å²) in [4.78, 5) is 25.2. The molecule has 1 unspecified atom stereocenters. The van der Waals surface area contributed by atoms with E-state index >= 15 is 0 Å². The molecule has 0 bridgehead atoms. The molecule has 1 aromatic carbocycles. The van der Waals surface area contributed by atoms with Gasteiger partial charge in [-0.15, -0.1) is 0 Å². The summed E-state index contributed by atoms with van der Waals surface area (Å²) in [6.45, 7) is 5.26. The molecule has 0 aliphatic carbocycles. The molecule has 0 spiro atoms. The van der Waals surface area contributed by atoms with E-state index in [0.29, 0.717) is 4.90 Å². The predicted molar refractivity (Wildman–Crippen MR) is 70.8 cm³/mol. The second-order valence-corrected chi connectivity index (χ2v) is 5.58. The molecule has 1 aliphatic rings. The Bertz CT molecular complexity index is 601. The highest BCUT2D eigenvalue weighted by Crippen LogP contribution is 2.43. The van der Waals surface area contributed by atoms with Gasteiger partial charge in [0, 0.05) is 6.42 Å². The van der Waals surface area contributed by atoms with Gasteiger partial charge in [0.2, 0.25) is 11.8 Å². The van der Waals surface area contributed by atoms with Crippen LogP contribution in [0.4, 0.5) is 20.2 Å². The van der Waals surface area contributed by atoms with Crippen LogP contribution in [0.15, 0.2) is 12.1 Å². The van der Waals surface area contributed by atoms with Crippen LogP contribution < -0.4 is 10.6 Å². The second-order valence-electron chi connectivity index (χ2n) is 5.58. The zero-order valence-corrected chi connectivity index (χ0v) is 11.5. The lowest BCUT2D eigenvalue weighted by Crippen LogP contribution is -2.37. The highest BCUT2D eigenvalue weighted by molar-refractivity contribution is 6.23. The number of imide groups is 1. The fourth-order valence-electron chi connectivity index (χ4n) is 2.30. The summed E-state index contributed by atoms with van der Waals surface area (Å²) in [6, 6.07) is 2.00. The first-order chi connectivity index (χ1) is 9.20. The average Bonchev–Trinajstić information content (AvgIpc) is 2.59. The normalized spacial score (nSPS) is 23.0. The van der Waals surface area contributed by atoms with Gasteiger partial charge in [0.1, 0.15) is 5.69 Å². The molecule has 2 rings (SSSR count). The van der Waals surface area contributed by atoms with Crippen molar-refractivity contribution in [3.05, 3.63) is 23.8 Å². The van der Waals surface area contributed by atoms with E-state index in [1.165, 1.54) is 0 Å². The monoisotopic (exact) mass is 282 g/mol. The summed E-state index contributed by atoms with van der Waals surface area (Å²) in [7, 11) is 0. The summed E-state index contributed by atoms with van der Waals surface area (Å²) in [5, 5.41) is 0. The smallest absolute Gasteiger partial charge is 0.240 e. The Hall–Kier alpha value is -1.98. The van der Waals surface area contributed by atoms with Crippen LogP contribution in [0.3, 0.4) is 0 Å². The van der Waals surface area contributed by atoms with Crippen LogP contribution >= 0.6 is 0 Å². The molecule has 1 atom stereocenters. The van der Waals surface area contributed by atoms with Gasteiger partial charge in [-0.3, -0.25) is 9.59 Å². The van der Waals surface area contributed by atoms with E-state index in [4.69, 9.17) is 5.73 Å². The summed E-state index contributed by atoms with van der Waals surface area (Å²) in [6.07, 6.45) is -0.0428. The van der Waals surface area contributed by atoms with Gasteiger partial charge in [-0.2, -0.15) is 0 Å². The van der Waals surface area contributed by atoms with Crippen LogP contribution in [-0.2, 0) is 9.59 Å². The zero-order valence-electron chi connectivity index (χ0n) is 11.5. The molecule has 108 valence electrons. The maximum Gasteiger partial charge on any atom is 0.240 e. The van der Waals surface area contributed by atoms with Crippen molar-refractivity contribution < 1.29 is 18.4 Å². The van der Waals surface area contributed by atoms with E-state index < -0.39 is 34.6 Å². The van der Waals surface area contributed by atoms with Crippen molar-refractivity contribution in [1.29, 1.82) is 0 Å². The second kappa shape index (κ2) is 4.54. The first-order valence-electron chi connectivity index (χ1n) is 6.31. The topological polar surface area (TPSA) is 63.4 Å². The van der Waals surface area contributed by atoms with Crippen molar-refractivity contribution in [2.45, 2.75) is 27.2 Å². The SMILES string of the molecule is CC(C)C1(C)CC(=O)N(c2c(N)ccc(F)c2F)C1=O. The maximum atomic E-state index is 13.9. The third-order valence-electron chi connectivity index (χ3n) is 4.06. The minimum Gasteiger partial charge on any atom is -0.397 e. The van der Waals surface area contributed by atoms with Gasteiger partial charge in [-0.05, 0) is 25.0 Å². The molecule has 6 heteroatoms. The number of hydrogen-bond donors (Lipinski definition) is 1. The lowest BCUT2D eigenvalue weighted by atomic mass is 9.78. The number of nitrogen functional groups attached to an aromatic ring is 1. The van der Waals surface area contributed by atoms with E-state index in [1.54, 1.807) is 20.8 Å². The molecule has 0 aromatic heterocycles. The van der Waals surface area contributed by atoms with Crippen molar-refractivity contribution in [3.63, 3.8) is 0 Å². The Kier molecular flexibility index (Phi) is 3.28. The number of carbonyl (C=O) groups excluding carboxylic acids is 2. The Morgan fingerprint density at radius 1 is 1.30 bits per heavy atom. The number of nitrogens with zero attached hydrogens (tertiary/aromatic N) is 1. The standard InChI is InChI=1S/C14H16F2N2O2/c1-7(2)14(3)6-10(19)18(13(14)20)12-9(17)5-4-8(15)11(12)16/h4-5,7H,6,17H2,1-3H3. The minimum absolute atomic E-state index is 0.0428. The summed E-state index contributed by atoms with van der Waals surface area (Å²) >= 11 is 0. The maximum absolute atomic E-state index is 13.9. The summed E-state index contributed by atoms with van der Waals surface area (Å²) in [5.74, 6) is -3.65. The van der Waals surface area contributed by atoms with Crippen LogP contribution in [0.2, 0.25) is 0 Å². The fourth-order valence-corrected chi connectivity index (χ4v) is 2.30. The van der Waals surface area contributed by atoms with Gasteiger partial charge in [0.25, 0.3) is 0 Å². The van der Waals surface area contributed by atoms with Crippen LogP contribution in [0, 0.1) is 23.0 Å². The number of amides is 2. The number of anilines is 2. The number of hydrogen-bond acceptors (Lipinski definition) is 3. The first kappa shape index (κ1) is 14.4. The quantitative estimate of drug-likeness (QED) is 0.669. The molecule has 0 radical (unpaired) electrons. The Balaban J connectivity index is 2.58. The third-order valence-corrected chi connectivity index (χ3v) is 4.06. The first-order valence-corrected chi connectivity index (χ1v) is 6.31. The van der Waals surface area contributed by atoms with E-state index in [9.17, 15) is 18.4 Å². The highest BCUT2D eigenvalue weighted by atomic mass is 19.2. The lowest BCUT2D eigenvalue weighted by Gasteiger charge is -2.26. The van der Waals surface area contributed by atoms with Crippen molar-refractivity contribution in [2.75, 3.05) is 10.6 Å². The van der Waals surface area contributed by atoms with E-state index in [0.717, 1.165) is 12.1 Å². The van der Waals surface area contributed by atoms with Gasteiger partial charge in [-0.25, -0.2) is 13.7 Å². The lowest BCUT2D eigenvalue weighted by molar-refractivity contribution is -0.126. The van der Waals surface area contributed by atoms with Crippen LogP contribution in [0.1, 0.15) is 27.2 Å². The molecule has 20 heavy (non-hydrogen) atoms. The number of halogens is 2. The molecule has 1 aromatic rings. The van der Waals surface area contributed by atoms with Gasteiger partial charge < -0.3 is 5.73 Å². The average molecular weight is 282 g/mol. The van der Waals surface area contributed by atoms with Gasteiger partial charge in [-0.1, -0.05) is 13.8 Å². The van der Waals surface area contributed by atoms with E-state index in [1.807, 2.05) is 0 Å². The van der Waals surface area contributed by atoms with Crippen molar-refractivity contribution >= 4 is 23.2 Å². The largest absolute Gasteiger partial charge is 0.397 e. The Labute approximate surface area is 115 Å². The predicted octanol–water partition coefficient (Wildman–Crippen LogP) is 2.47. The van der Waals surface area contributed by atoms with Crippen molar-refractivity contribution in [1.82, 2.24) is 0 Å². The summed E-state index contributed by atoms with van der Waals surface area (Å²) in [5.41, 5.74) is 4.06. The molecule has 1 fully saturated rings.